The highest BCUT2D eigenvalue weighted by Gasteiger charge is 2.31. The molecule has 0 aliphatic carbocycles. The number of aliphatic carboxylic acids is 1. The van der Waals surface area contributed by atoms with Crippen molar-refractivity contribution >= 4 is 17.6 Å². The summed E-state index contributed by atoms with van der Waals surface area (Å²) < 4.78 is 40.6. The number of ether oxygens (including phenoxy) is 1. The Morgan fingerprint density at radius 2 is 2.05 bits per heavy atom. The molecule has 8 heteroatoms. The van der Waals surface area contributed by atoms with Crippen LogP contribution in [0.15, 0.2) is 36.5 Å². The molecule has 1 aromatic heterocycles. The van der Waals surface area contributed by atoms with Crippen molar-refractivity contribution in [3.05, 3.63) is 47.2 Å². The van der Waals surface area contributed by atoms with E-state index in [0.717, 1.165) is 12.1 Å². The molecule has 0 aliphatic rings. The van der Waals surface area contributed by atoms with Crippen LogP contribution in [0.4, 0.5) is 13.2 Å². The highest BCUT2D eigenvalue weighted by Crippen LogP contribution is 2.30. The van der Waals surface area contributed by atoms with Gasteiger partial charge >= 0.3 is 12.3 Å². The molecule has 1 aromatic carbocycles. The molecule has 22 heavy (non-hydrogen) atoms. The summed E-state index contributed by atoms with van der Waals surface area (Å²) in [5.74, 6) is -1.49. The van der Waals surface area contributed by atoms with Gasteiger partial charge in [-0.15, -0.1) is 13.2 Å². The average molecular weight is 332 g/mol. The molecular formula is C14H9ClF3NO3. The first-order valence-electron chi connectivity index (χ1n) is 5.97. The number of aromatic nitrogens is 1. The largest absolute Gasteiger partial charge is 0.573 e. The molecule has 0 spiro atoms. The van der Waals surface area contributed by atoms with Crippen molar-refractivity contribution in [1.82, 2.24) is 4.98 Å². The Kier molecular flexibility index (Phi) is 4.56. The number of halogens is 4. The first kappa shape index (κ1) is 16.1. The van der Waals surface area contributed by atoms with Crippen LogP contribution in [0.3, 0.4) is 0 Å². The third kappa shape index (κ3) is 4.36. The van der Waals surface area contributed by atoms with Gasteiger partial charge in [-0.2, -0.15) is 0 Å². The average Bonchev–Trinajstić information content (AvgIpc) is 2.36. The summed E-state index contributed by atoms with van der Waals surface area (Å²) in [7, 11) is 0. The molecule has 0 amide bonds. The SMILES string of the molecule is O=C(O)Cc1cc(Cl)ncc1-c1cccc(OC(F)(F)F)c1. The number of hydrogen-bond acceptors (Lipinski definition) is 3. The number of carbonyl (C=O) groups is 1. The van der Waals surface area contributed by atoms with Crippen LogP contribution in [0, 0.1) is 0 Å². The number of carboxylic acids is 1. The molecule has 0 unspecified atom stereocenters. The van der Waals surface area contributed by atoms with Gasteiger partial charge in [0.2, 0.25) is 0 Å². The Balaban J connectivity index is 2.43. The summed E-state index contributed by atoms with van der Waals surface area (Å²) in [6.07, 6.45) is -3.82. The van der Waals surface area contributed by atoms with E-state index < -0.39 is 18.1 Å². The van der Waals surface area contributed by atoms with Gasteiger partial charge in [0.15, 0.2) is 0 Å². The number of alkyl halides is 3. The predicted octanol–water partition coefficient (Wildman–Crippen LogP) is 3.93. The molecular weight excluding hydrogens is 323 g/mol. The molecule has 0 saturated carbocycles. The van der Waals surface area contributed by atoms with Crippen LogP contribution in [0.1, 0.15) is 5.56 Å². The smallest absolute Gasteiger partial charge is 0.481 e. The minimum Gasteiger partial charge on any atom is -0.481 e. The number of nitrogens with zero attached hydrogens (tertiary/aromatic N) is 1. The summed E-state index contributed by atoms with van der Waals surface area (Å²) in [5.41, 5.74) is 1.07. The molecule has 2 aromatic rings. The zero-order chi connectivity index (χ0) is 16.3. The quantitative estimate of drug-likeness (QED) is 0.862. The maximum atomic E-state index is 12.2. The molecule has 0 radical (unpaired) electrons. The second-order valence-electron chi connectivity index (χ2n) is 4.31. The fourth-order valence-corrected chi connectivity index (χ4v) is 2.08. The molecule has 0 aliphatic heterocycles. The zero-order valence-corrected chi connectivity index (χ0v) is 11.6. The summed E-state index contributed by atoms with van der Waals surface area (Å²) in [6.45, 7) is 0. The summed E-state index contributed by atoms with van der Waals surface area (Å²) in [5, 5.41) is 9.00. The van der Waals surface area contributed by atoms with Crippen LogP contribution in [0.5, 0.6) is 5.75 Å². The lowest BCUT2D eigenvalue weighted by Gasteiger charge is -2.12. The molecule has 116 valence electrons. The molecule has 4 nitrogen and oxygen atoms in total. The first-order chi connectivity index (χ1) is 10.2. The topological polar surface area (TPSA) is 59.4 Å². The lowest BCUT2D eigenvalue weighted by Crippen LogP contribution is -2.17. The van der Waals surface area contributed by atoms with E-state index in [4.69, 9.17) is 16.7 Å². The lowest BCUT2D eigenvalue weighted by atomic mass is 10.00. The zero-order valence-electron chi connectivity index (χ0n) is 10.9. The minimum absolute atomic E-state index is 0.0997. The van der Waals surface area contributed by atoms with Gasteiger partial charge in [-0.05, 0) is 29.3 Å². The Hall–Kier alpha value is -2.28. The van der Waals surface area contributed by atoms with Gasteiger partial charge in [0, 0.05) is 11.8 Å². The second-order valence-corrected chi connectivity index (χ2v) is 4.70. The van der Waals surface area contributed by atoms with Gasteiger partial charge in [-0.3, -0.25) is 4.79 Å². The second kappa shape index (κ2) is 6.23. The van der Waals surface area contributed by atoms with E-state index in [0.29, 0.717) is 16.7 Å². The van der Waals surface area contributed by atoms with Crippen LogP contribution in [-0.4, -0.2) is 22.4 Å². The van der Waals surface area contributed by atoms with E-state index >= 15 is 0 Å². The fraction of sp³-hybridized carbons (Fsp3) is 0.143. The standard InChI is InChI=1S/C14H9ClF3NO3/c15-12-5-9(6-13(20)21)11(7-19-12)8-2-1-3-10(4-8)22-14(16,17)18/h1-5,7H,6H2,(H,20,21). The Labute approximate surface area is 128 Å². The lowest BCUT2D eigenvalue weighted by molar-refractivity contribution is -0.274. The minimum atomic E-state index is -4.80. The van der Waals surface area contributed by atoms with Crippen molar-refractivity contribution in [3.63, 3.8) is 0 Å². The molecule has 0 atom stereocenters. The predicted molar refractivity (Wildman–Crippen MR) is 72.7 cm³/mol. The highest BCUT2D eigenvalue weighted by atomic mass is 35.5. The van der Waals surface area contributed by atoms with Gasteiger partial charge in [0.1, 0.15) is 10.9 Å². The normalized spacial score (nSPS) is 11.3. The third-order valence-corrected chi connectivity index (χ3v) is 2.88. The van der Waals surface area contributed by atoms with E-state index in [1.54, 1.807) is 0 Å². The van der Waals surface area contributed by atoms with E-state index in [-0.39, 0.29) is 11.6 Å². The van der Waals surface area contributed by atoms with Gasteiger partial charge < -0.3 is 9.84 Å². The Morgan fingerprint density at radius 1 is 1.32 bits per heavy atom. The van der Waals surface area contributed by atoms with Gasteiger partial charge in [-0.1, -0.05) is 23.7 Å². The van der Waals surface area contributed by atoms with Crippen LogP contribution in [0.2, 0.25) is 5.15 Å². The Morgan fingerprint density at radius 3 is 2.68 bits per heavy atom. The van der Waals surface area contributed by atoms with E-state index in [2.05, 4.69) is 9.72 Å². The van der Waals surface area contributed by atoms with Crippen molar-refractivity contribution in [2.45, 2.75) is 12.8 Å². The molecule has 0 fully saturated rings. The number of hydrogen-bond donors (Lipinski definition) is 1. The Bertz CT molecular complexity index is 704. The van der Waals surface area contributed by atoms with Crippen molar-refractivity contribution in [2.75, 3.05) is 0 Å². The number of pyridine rings is 1. The van der Waals surface area contributed by atoms with Gasteiger partial charge in [0.05, 0.1) is 6.42 Å². The van der Waals surface area contributed by atoms with Crippen molar-refractivity contribution in [1.29, 1.82) is 0 Å². The van der Waals surface area contributed by atoms with Gasteiger partial charge in [0.25, 0.3) is 0 Å². The summed E-state index contributed by atoms with van der Waals surface area (Å²) >= 11 is 5.73. The van der Waals surface area contributed by atoms with Crippen LogP contribution >= 0.6 is 11.6 Å². The molecule has 2 rings (SSSR count). The maximum absolute atomic E-state index is 12.2. The van der Waals surface area contributed by atoms with E-state index in [9.17, 15) is 18.0 Å². The van der Waals surface area contributed by atoms with Crippen LogP contribution in [0.25, 0.3) is 11.1 Å². The third-order valence-electron chi connectivity index (χ3n) is 2.68. The number of rotatable bonds is 4. The fourth-order valence-electron chi connectivity index (χ4n) is 1.90. The monoisotopic (exact) mass is 331 g/mol. The molecule has 1 N–H and O–H groups in total. The summed E-state index contributed by atoms with van der Waals surface area (Å²) in [4.78, 5) is 14.7. The molecule has 0 bridgehead atoms. The molecule has 1 heterocycles. The van der Waals surface area contributed by atoms with Crippen molar-refractivity contribution in [2.24, 2.45) is 0 Å². The van der Waals surface area contributed by atoms with E-state index in [1.807, 2.05) is 0 Å². The van der Waals surface area contributed by atoms with Gasteiger partial charge in [-0.25, -0.2) is 4.98 Å². The van der Waals surface area contributed by atoms with Crippen LogP contribution < -0.4 is 4.74 Å². The number of carboxylic acid groups (broad SMARTS) is 1. The number of benzene rings is 1. The van der Waals surface area contributed by atoms with Crippen molar-refractivity contribution in [3.8, 4) is 16.9 Å². The van der Waals surface area contributed by atoms with Crippen molar-refractivity contribution < 1.29 is 27.8 Å². The van der Waals surface area contributed by atoms with Crippen LogP contribution in [-0.2, 0) is 11.2 Å². The summed E-state index contributed by atoms with van der Waals surface area (Å²) in [6, 6.07) is 6.57. The van der Waals surface area contributed by atoms with E-state index in [1.165, 1.54) is 24.4 Å². The highest BCUT2D eigenvalue weighted by molar-refractivity contribution is 6.29. The molecule has 0 saturated heterocycles. The maximum Gasteiger partial charge on any atom is 0.573 e. The first-order valence-corrected chi connectivity index (χ1v) is 6.35.